The van der Waals surface area contributed by atoms with E-state index in [1.54, 1.807) is 12.1 Å². The standard InChI is InChI=1S/C15H18ClN3O/c1-4-7-17-14-9-15(19-11(3)18-14)20-13-8-12(16)6-5-10(13)2/h5-6,8-9H,4,7H2,1-3H3,(H,17,18,19). The Hall–Kier alpha value is -1.81. The first-order valence-corrected chi connectivity index (χ1v) is 7.00. The van der Waals surface area contributed by atoms with Crippen LogP contribution in [0.1, 0.15) is 24.7 Å². The topological polar surface area (TPSA) is 47.0 Å². The van der Waals surface area contributed by atoms with Crippen LogP contribution in [0.4, 0.5) is 5.82 Å². The molecule has 0 fully saturated rings. The maximum Gasteiger partial charge on any atom is 0.224 e. The summed E-state index contributed by atoms with van der Waals surface area (Å²) in [5.74, 6) is 2.66. The molecule has 20 heavy (non-hydrogen) atoms. The van der Waals surface area contributed by atoms with E-state index in [0.29, 0.717) is 22.5 Å². The van der Waals surface area contributed by atoms with Crippen LogP contribution in [0.25, 0.3) is 0 Å². The molecule has 0 bridgehead atoms. The first-order chi connectivity index (χ1) is 9.58. The van der Waals surface area contributed by atoms with Crippen molar-refractivity contribution in [3.05, 3.63) is 40.7 Å². The number of benzene rings is 1. The van der Waals surface area contributed by atoms with Crippen molar-refractivity contribution in [2.24, 2.45) is 0 Å². The minimum Gasteiger partial charge on any atom is -0.439 e. The summed E-state index contributed by atoms with van der Waals surface area (Å²) in [5, 5.41) is 3.87. The molecule has 1 heterocycles. The zero-order valence-electron chi connectivity index (χ0n) is 11.9. The lowest BCUT2D eigenvalue weighted by Crippen LogP contribution is -2.04. The third kappa shape index (κ3) is 3.84. The Balaban J connectivity index is 2.24. The van der Waals surface area contributed by atoms with Gasteiger partial charge in [0.05, 0.1) is 0 Å². The average Bonchev–Trinajstić information content (AvgIpc) is 2.40. The number of aryl methyl sites for hydroxylation is 2. The number of rotatable bonds is 5. The minimum atomic E-state index is 0.515. The Morgan fingerprint density at radius 2 is 2.00 bits per heavy atom. The van der Waals surface area contributed by atoms with E-state index in [4.69, 9.17) is 16.3 Å². The molecule has 0 aliphatic heterocycles. The highest BCUT2D eigenvalue weighted by Gasteiger charge is 2.06. The van der Waals surface area contributed by atoms with Crippen LogP contribution in [0, 0.1) is 13.8 Å². The second-order valence-electron chi connectivity index (χ2n) is 4.58. The molecule has 0 amide bonds. The van der Waals surface area contributed by atoms with Crippen LogP contribution in [-0.4, -0.2) is 16.5 Å². The van der Waals surface area contributed by atoms with Crippen molar-refractivity contribution in [2.75, 3.05) is 11.9 Å². The highest BCUT2D eigenvalue weighted by atomic mass is 35.5. The molecular formula is C15H18ClN3O. The van der Waals surface area contributed by atoms with Gasteiger partial charge in [0, 0.05) is 17.6 Å². The molecule has 106 valence electrons. The Labute approximate surface area is 124 Å². The van der Waals surface area contributed by atoms with Crippen LogP contribution >= 0.6 is 11.6 Å². The Kier molecular flexibility index (Phi) is 4.79. The number of halogens is 1. The molecular weight excluding hydrogens is 274 g/mol. The van der Waals surface area contributed by atoms with Gasteiger partial charge in [0.15, 0.2) is 0 Å². The predicted octanol–water partition coefficient (Wildman–Crippen LogP) is 4.36. The monoisotopic (exact) mass is 291 g/mol. The van der Waals surface area contributed by atoms with Crippen molar-refractivity contribution >= 4 is 17.4 Å². The Bertz CT molecular complexity index is 602. The summed E-state index contributed by atoms with van der Waals surface area (Å²) in [6.07, 6.45) is 1.03. The summed E-state index contributed by atoms with van der Waals surface area (Å²) in [5.41, 5.74) is 1.01. The third-order valence-corrected chi connectivity index (χ3v) is 2.97. The SMILES string of the molecule is CCCNc1cc(Oc2cc(Cl)ccc2C)nc(C)n1. The lowest BCUT2D eigenvalue weighted by atomic mass is 10.2. The van der Waals surface area contributed by atoms with E-state index < -0.39 is 0 Å². The summed E-state index contributed by atoms with van der Waals surface area (Å²) in [6, 6.07) is 7.33. The van der Waals surface area contributed by atoms with Crippen molar-refractivity contribution < 1.29 is 4.74 Å². The van der Waals surface area contributed by atoms with E-state index in [9.17, 15) is 0 Å². The van der Waals surface area contributed by atoms with Gasteiger partial charge in [0.2, 0.25) is 5.88 Å². The van der Waals surface area contributed by atoms with E-state index in [1.807, 2.05) is 26.0 Å². The Morgan fingerprint density at radius 3 is 2.75 bits per heavy atom. The van der Waals surface area contributed by atoms with E-state index in [1.165, 1.54) is 0 Å². The van der Waals surface area contributed by atoms with Crippen LogP contribution in [0.15, 0.2) is 24.3 Å². The van der Waals surface area contributed by atoms with Crippen molar-refractivity contribution in [2.45, 2.75) is 27.2 Å². The fourth-order valence-corrected chi connectivity index (χ4v) is 1.89. The number of aromatic nitrogens is 2. The predicted molar refractivity (Wildman–Crippen MR) is 81.8 cm³/mol. The molecule has 0 unspecified atom stereocenters. The van der Waals surface area contributed by atoms with Gasteiger partial charge in [0.25, 0.3) is 0 Å². The van der Waals surface area contributed by atoms with Crippen molar-refractivity contribution in [1.82, 2.24) is 9.97 Å². The summed E-state index contributed by atoms with van der Waals surface area (Å²) in [4.78, 5) is 8.62. The quantitative estimate of drug-likeness (QED) is 0.889. The molecule has 1 aromatic carbocycles. The number of nitrogens with zero attached hydrogens (tertiary/aromatic N) is 2. The van der Waals surface area contributed by atoms with Crippen molar-refractivity contribution in [3.63, 3.8) is 0 Å². The molecule has 4 nitrogen and oxygen atoms in total. The van der Waals surface area contributed by atoms with Crippen LogP contribution in [-0.2, 0) is 0 Å². The normalized spacial score (nSPS) is 10.4. The van der Waals surface area contributed by atoms with Gasteiger partial charge in [-0.2, -0.15) is 4.98 Å². The molecule has 0 atom stereocenters. The van der Waals surface area contributed by atoms with Crippen LogP contribution in [0.2, 0.25) is 5.02 Å². The molecule has 0 saturated carbocycles. The molecule has 0 aliphatic rings. The average molecular weight is 292 g/mol. The van der Waals surface area contributed by atoms with Crippen LogP contribution in [0.5, 0.6) is 11.6 Å². The van der Waals surface area contributed by atoms with Gasteiger partial charge in [-0.3, -0.25) is 0 Å². The van der Waals surface area contributed by atoms with Gasteiger partial charge in [-0.1, -0.05) is 24.6 Å². The highest BCUT2D eigenvalue weighted by molar-refractivity contribution is 6.30. The summed E-state index contributed by atoms with van der Waals surface area (Å²) in [7, 11) is 0. The van der Waals surface area contributed by atoms with Gasteiger partial charge in [-0.05, 0) is 38.0 Å². The van der Waals surface area contributed by atoms with E-state index in [-0.39, 0.29) is 0 Å². The highest BCUT2D eigenvalue weighted by Crippen LogP contribution is 2.27. The van der Waals surface area contributed by atoms with Crippen molar-refractivity contribution in [1.29, 1.82) is 0 Å². The molecule has 1 aromatic heterocycles. The fraction of sp³-hybridized carbons (Fsp3) is 0.333. The molecule has 0 radical (unpaired) electrons. The van der Waals surface area contributed by atoms with Gasteiger partial charge >= 0.3 is 0 Å². The summed E-state index contributed by atoms with van der Waals surface area (Å²) in [6.45, 7) is 6.78. The van der Waals surface area contributed by atoms with Crippen LogP contribution < -0.4 is 10.1 Å². The van der Waals surface area contributed by atoms with Gasteiger partial charge in [-0.25, -0.2) is 4.98 Å². The zero-order chi connectivity index (χ0) is 14.5. The minimum absolute atomic E-state index is 0.515. The lowest BCUT2D eigenvalue weighted by molar-refractivity contribution is 0.457. The summed E-state index contributed by atoms with van der Waals surface area (Å²) >= 11 is 5.99. The Morgan fingerprint density at radius 1 is 1.20 bits per heavy atom. The van der Waals surface area contributed by atoms with E-state index in [2.05, 4.69) is 22.2 Å². The van der Waals surface area contributed by atoms with E-state index in [0.717, 1.165) is 24.3 Å². The zero-order valence-corrected chi connectivity index (χ0v) is 12.7. The van der Waals surface area contributed by atoms with Crippen LogP contribution in [0.3, 0.4) is 0 Å². The number of ether oxygens (including phenoxy) is 1. The fourth-order valence-electron chi connectivity index (χ4n) is 1.73. The second kappa shape index (κ2) is 6.57. The smallest absolute Gasteiger partial charge is 0.224 e. The maximum atomic E-state index is 5.99. The molecule has 0 aliphatic carbocycles. The largest absolute Gasteiger partial charge is 0.439 e. The number of nitrogens with one attached hydrogen (secondary N) is 1. The van der Waals surface area contributed by atoms with Gasteiger partial charge in [0.1, 0.15) is 17.4 Å². The number of hydrogen-bond acceptors (Lipinski definition) is 4. The molecule has 2 rings (SSSR count). The number of anilines is 1. The second-order valence-corrected chi connectivity index (χ2v) is 5.01. The molecule has 0 saturated heterocycles. The summed E-state index contributed by atoms with van der Waals surface area (Å²) < 4.78 is 5.82. The van der Waals surface area contributed by atoms with E-state index >= 15 is 0 Å². The first-order valence-electron chi connectivity index (χ1n) is 6.62. The lowest BCUT2D eigenvalue weighted by Gasteiger charge is -2.10. The molecule has 1 N–H and O–H groups in total. The first kappa shape index (κ1) is 14.6. The molecule has 2 aromatic rings. The van der Waals surface area contributed by atoms with Gasteiger partial charge < -0.3 is 10.1 Å². The number of hydrogen-bond donors (Lipinski definition) is 1. The third-order valence-electron chi connectivity index (χ3n) is 2.74. The molecule has 5 heteroatoms. The molecule has 0 spiro atoms. The van der Waals surface area contributed by atoms with Crippen molar-refractivity contribution in [3.8, 4) is 11.6 Å². The van der Waals surface area contributed by atoms with Gasteiger partial charge in [-0.15, -0.1) is 0 Å². The maximum absolute atomic E-state index is 5.99.